The van der Waals surface area contributed by atoms with Gasteiger partial charge in [-0.25, -0.2) is 0 Å². The lowest BCUT2D eigenvalue weighted by molar-refractivity contribution is -0.112. The van der Waals surface area contributed by atoms with Gasteiger partial charge in [-0.05, 0) is 54.0 Å². The molecule has 0 unspecified atom stereocenters. The minimum Gasteiger partial charge on any atom is -0.376 e. The molecule has 0 saturated heterocycles. The van der Waals surface area contributed by atoms with E-state index in [0.29, 0.717) is 6.54 Å². The average Bonchev–Trinajstić information content (AvgIpc) is 2.09. The predicted molar refractivity (Wildman–Crippen MR) is 72.2 cm³/mol. The minimum atomic E-state index is -0.0788. The highest BCUT2D eigenvalue weighted by Crippen LogP contribution is 2.12. The van der Waals surface area contributed by atoms with E-state index in [1.165, 1.54) is 0 Å². The quantitative estimate of drug-likeness (QED) is 0.696. The molecular weight excluding hydrogens is 214 g/mol. The van der Waals surface area contributed by atoms with Gasteiger partial charge in [0.2, 0.25) is 0 Å². The summed E-state index contributed by atoms with van der Waals surface area (Å²) in [6.45, 7) is 13.5. The highest BCUT2D eigenvalue weighted by atomic mass is 16.5. The van der Waals surface area contributed by atoms with Crippen LogP contribution in [0.5, 0.6) is 0 Å². The van der Waals surface area contributed by atoms with Crippen LogP contribution in [-0.4, -0.2) is 30.1 Å². The maximum absolute atomic E-state index is 10.7. The number of carbonyl (C=O) groups is 1. The summed E-state index contributed by atoms with van der Waals surface area (Å²) in [6, 6.07) is 0. The van der Waals surface area contributed by atoms with E-state index in [1.807, 2.05) is 6.08 Å². The number of nitrogens with one attached hydrogen (secondary N) is 1. The third-order valence-electron chi connectivity index (χ3n) is 2.31. The largest absolute Gasteiger partial charge is 0.376 e. The third kappa shape index (κ3) is 11.6. The second kappa shape index (κ2) is 6.92. The minimum absolute atomic E-state index is 0.0202. The first-order valence-corrected chi connectivity index (χ1v) is 6.18. The molecule has 0 rings (SSSR count). The summed E-state index contributed by atoms with van der Waals surface area (Å²) in [5.41, 5.74) is -0.0585. The zero-order chi connectivity index (χ0) is 13.5. The molecule has 0 fully saturated rings. The van der Waals surface area contributed by atoms with E-state index in [9.17, 15) is 4.79 Å². The van der Waals surface area contributed by atoms with Gasteiger partial charge in [0.1, 0.15) is 0 Å². The Morgan fingerprint density at radius 1 is 1.24 bits per heavy atom. The molecule has 0 saturated carbocycles. The molecule has 3 heteroatoms. The van der Waals surface area contributed by atoms with Gasteiger partial charge in [-0.15, -0.1) is 0 Å². The van der Waals surface area contributed by atoms with E-state index in [1.54, 1.807) is 13.0 Å². The first kappa shape index (κ1) is 16.3. The zero-order valence-corrected chi connectivity index (χ0v) is 12.1. The Hall–Kier alpha value is -0.670. The van der Waals surface area contributed by atoms with Crippen LogP contribution in [0.4, 0.5) is 0 Å². The molecule has 0 aliphatic rings. The van der Waals surface area contributed by atoms with Crippen LogP contribution in [0.1, 0.15) is 48.0 Å². The first-order valence-electron chi connectivity index (χ1n) is 6.18. The molecule has 0 bridgehead atoms. The molecule has 0 aliphatic heterocycles. The van der Waals surface area contributed by atoms with Crippen LogP contribution in [0, 0.1) is 0 Å². The number of ether oxygens (including phenoxy) is 1. The Balaban J connectivity index is 3.84. The molecule has 3 nitrogen and oxygen atoms in total. The van der Waals surface area contributed by atoms with Crippen molar-refractivity contribution in [1.82, 2.24) is 5.32 Å². The van der Waals surface area contributed by atoms with E-state index in [4.69, 9.17) is 4.74 Å². The van der Waals surface area contributed by atoms with Crippen LogP contribution in [-0.2, 0) is 9.53 Å². The molecule has 1 N–H and O–H groups in total. The van der Waals surface area contributed by atoms with Crippen LogP contribution in [0.3, 0.4) is 0 Å². The van der Waals surface area contributed by atoms with Crippen molar-refractivity contribution in [3.8, 4) is 0 Å². The number of ketones is 1. The monoisotopic (exact) mass is 241 g/mol. The summed E-state index contributed by atoms with van der Waals surface area (Å²) in [7, 11) is 0. The lowest BCUT2D eigenvalue weighted by Gasteiger charge is -2.28. The molecule has 100 valence electrons. The Labute approximate surface area is 106 Å². The van der Waals surface area contributed by atoms with Gasteiger partial charge in [-0.2, -0.15) is 0 Å². The topological polar surface area (TPSA) is 38.3 Å². The van der Waals surface area contributed by atoms with E-state index in [-0.39, 0.29) is 16.9 Å². The highest BCUT2D eigenvalue weighted by molar-refractivity contribution is 5.87. The predicted octanol–water partition coefficient (Wildman–Crippen LogP) is 2.71. The fourth-order valence-corrected chi connectivity index (χ4v) is 1.26. The number of allylic oxidation sites excluding steroid dienone is 1. The number of rotatable bonds is 7. The number of hydrogen-bond donors (Lipinski definition) is 1. The van der Waals surface area contributed by atoms with Crippen molar-refractivity contribution in [3.05, 3.63) is 12.2 Å². The fourth-order valence-electron chi connectivity index (χ4n) is 1.26. The Morgan fingerprint density at radius 2 is 1.82 bits per heavy atom. The molecule has 0 atom stereocenters. The standard InChI is InChI=1S/C14H27NO2/c1-12(16)8-7-10-15-14(5,6)9-11-17-13(2,3)4/h7-8,15H,9-11H2,1-6H3/b8-7+. The SMILES string of the molecule is CC(=O)/C=C/CNC(C)(C)CCOC(C)(C)C. The molecular formula is C14H27NO2. The lowest BCUT2D eigenvalue weighted by Crippen LogP contribution is -2.41. The smallest absolute Gasteiger partial charge is 0.152 e. The third-order valence-corrected chi connectivity index (χ3v) is 2.31. The second-order valence-corrected chi connectivity index (χ2v) is 5.99. The maximum Gasteiger partial charge on any atom is 0.152 e. The molecule has 0 spiro atoms. The van der Waals surface area contributed by atoms with Crippen molar-refractivity contribution in [2.45, 2.75) is 59.1 Å². The molecule has 0 amide bonds. The summed E-state index contributed by atoms with van der Waals surface area (Å²) in [5, 5.41) is 3.38. The summed E-state index contributed by atoms with van der Waals surface area (Å²) in [6.07, 6.45) is 4.39. The number of hydrogen-bond acceptors (Lipinski definition) is 3. The molecule has 0 aromatic carbocycles. The fraction of sp³-hybridized carbons (Fsp3) is 0.786. The van der Waals surface area contributed by atoms with Gasteiger partial charge in [-0.1, -0.05) is 6.08 Å². The summed E-state index contributed by atoms with van der Waals surface area (Å²) in [4.78, 5) is 10.7. The van der Waals surface area contributed by atoms with Crippen LogP contribution >= 0.6 is 0 Å². The van der Waals surface area contributed by atoms with Crippen molar-refractivity contribution >= 4 is 5.78 Å². The van der Waals surface area contributed by atoms with E-state index in [2.05, 4.69) is 39.9 Å². The first-order chi connectivity index (χ1) is 7.62. The Morgan fingerprint density at radius 3 is 2.29 bits per heavy atom. The van der Waals surface area contributed by atoms with Gasteiger partial charge in [-0.3, -0.25) is 4.79 Å². The van der Waals surface area contributed by atoms with Crippen LogP contribution in [0.2, 0.25) is 0 Å². The second-order valence-electron chi connectivity index (χ2n) is 5.99. The van der Waals surface area contributed by atoms with Gasteiger partial charge in [0.15, 0.2) is 5.78 Å². The molecule has 17 heavy (non-hydrogen) atoms. The number of carbonyl (C=O) groups excluding carboxylic acids is 1. The van der Waals surface area contributed by atoms with E-state index in [0.717, 1.165) is 13.0 Å². The van der Waals surface area contributed by atoms with Crippen molar-refractivity contribution in [3.63, 3.8) is 0 Å². The van der Waals surface area contributed by atoms with Crippen molar-refractivity contribution in [2.24, 2.45) is 0 Å². The van der Waals surface area contributed by atoms with Gasteiger partial charge in [0.05, 0.1) is 5.60 Å². The van der Waals surface area contributed by atoms with Gasteiger partial charge >= 0.3 is 0 Å². The zero-order valence-electron chi connectivity index (χ0n) is 12.1. The normalized spacial score (nSPS) is 13.3. The van der Waals surface area contributed by atoms with Gasteiger partial charge < -0.3 is 10.1 Å². The van der Waals surface area contributed by atoms with Crippen LogP contribution < -0.4 is 5.32 Å². The van der Waals surface area contributed by atoms with E-state index >= 15 is 0 Å². The van der Waals surface area contributed by atoms with Crippen LogP contribution in [0.25, 0.3) is 0 Å². The summed E-state index contributed by atoms with van der Waals surface area (Å²) < 4.78 is 5.70. The molecule has 0 aromatic heterocycles. The van der Waals surface area contributed by atoms with Crippen molar-refractivity contribution in [1.29, 1.82) is 0 Å². The Bertz CT molecular complexity index is 262. The average molecular weight is 241 g/mol. The van der Waals surface area contributed by atoms with Gasteiger partial charge in [0.25, 0.3) is 0 Å². The molecule has 0 aliphatic carbocycles. The van der Waals surface area contributed by atoms with Gasteiger partial charge in [0, 0.05) is 18.7 Å². The van der Waals surface area contributed by atoms with E-state index < -0.39 is 0 Å². The lowest BCUT2D eigenvalue weighted by atomic mass is 10.0. The van der Waals surface area contributed by atoms with Crippen LogP contribution in [0.15, 0.2) is 12.2 Å². The maximum atomic E-state index is 10.7. The molecule has 0 radical (unpaired) electrons. The van der Waals surface area contributed by atoms with Crippen molar-refractivity contribution in [2.75, 3.05) is 13.2 Å². The Kier molecular flexibility index (Phi) is 6.65. The molecule has 0 heterocycles. The highest BCUT2D eigenvalue weighted by Gasteiger charge is 2.18. The summed E-state index contributed by atoms with van der Waals surface area (Å²) in [5.74, 6) is 0.0840. The molecule has 0 aromatic rings. The van der Waals surface area contributed by atoms with Crippen molar-refractivity contribution < 1.29 is 9.53 Å². The summed E-state index contributed by atoms with van der Waals surface area (Å²) >= 11 is 0.